The van der Waals surface area contributed by atoms with Crippen LogP contribution in [0.25, 0.3) is 0 Å². The largest absolute Gasteiger partial charge is 0.480 e. The number of carbonyl (C=O) groups is 2. The van der Waals surface area contributed by atoms with Gasteiger partial charge >= 0.3 is 12.0 Å². The lowest BCUT2D eigenvalue weighted by molar-refractivity contribution is -0.140. The van der Waals surface area contributed by atoms with Gasteiger partial charge in [0.2, 0.25) is 0 Å². The first-order chi connectivity index (χ1) is 9.38. The molecule has 6 heteroatoms. The highest BCUT2D eigenvalue weighted by molar-refractivity contribution is 5.94. The normalized spacial score (nSPS) is 13.4. The first-order valence-corrected chi connectivity index (χ1v) is 6.40. The van der Waals surface area contributed by atoms with Crippen LogP contribution in [0, 0.1) is 11.7 Å². The van der Waals surface area contributed by atoms with Gasteiger partial charge in [0.15, 0.2) is 0 Å². The minimum absolute atomic E-state index is 0.0956. The van der Waals surface area contributed by atoms with Gasteiger partial charge in [0, 0.05) is 7.05 Å². The highest BCUT2D eigenvalue weighted by atomic mass is 19.1. The number of aliphatic carboxylic acids is 1. The number of halogens is 1. The molecule has 0 saturated carbocycles. The summed E-state index contributed by atoms with van der Waals surface area (Å²) in [6.07, 6.45) is 0.612. The smallest absolute Gasteiger partial charge is 0.326 e. The van der Waals surface area contributed by atoms with Crippen molar-refractivity contribution in [1.82, 2.24) is 5.32 Å². The van der Waals surface area contributed by atoms with Crippen molar-refractivity contribution in [1.29, 1.82) is 0 Å². The Morgan fingerprint density at radius 2 is 2.00 bits per heavy atom. The molecule has 2 amide bonds. The Labute approximate surface area is 117 Å². The fourth-order valence-electron chi connectivity index (χ4n) is 1.75. The molecule has 1 aromatic carbocycles. The number of carboxylic acid groups (broad SMARTS) is 1. The molecule has 0 fully saturated rings. The Morgan fingerprint density at radius 1 is 1.40 bits per heavy atom. The molecule has 2 unspecified atom stereocenters. The molecule has 0 radical (unpaired) electrons. The van der Waals surface area contributed by atoms with Crippen LogP contribution in [0.15, 0.2) is 24.3 Å². The second-order valence-corrected chi connectivity index (χ2v) is 4.66. The molecule has 0 aliphatic carbocycles. The lowest BCUT2D eigenvalue weighted by atomic mass is 9.99. The fraction of sp³-hybridized carbons (Fsp3) is 0.429. The van der Waals surface area contributed by atoms with E-state index in [1.54, 1.807) is 13.0 Å². The van der Waals surface area contributed by atoms with Crippen LogP contribution in [0.5, 0.6) is 0 Å². The van der Waals surface area contributed by atoms with Gasteiger partial charge in [0.05, 0.1) is 5.69 Å². The van der Waals surface area contributed by atoms with Crippen molar-refractivity contribution in [2.75, 3.05) is 11.9 Å². The van der Waals surface area contributed by atoms with Gasteiger partial charge in [0.1, 0.15) is 11.9 Å². The summed E-state index contributed by atoms with van der Waals surface area (Å²) in [7, 11) is 1.39. The van der Waals surface area contributed by atoms with E-state index < -0.39 is 23.9 Å². The van der Waals surface area contributed by atoms with Crippen LogP contribution >= 0.6 is 0 Å². The molecule has 20 heavy (non-hydrogen) atoms. The lowest BCUT2D eigenvalue weighted by Gasteiger charge is -2.24. The van der Waals surface area contributed by atoms with Crippen molar-refractivity contribution >= 4 is 17.7 Å². The zero-order chi connectivity index (χ0) is 15.3. The quantitative estimate of drug-likeness (QED) is 0.871. The maximum absolute atomic E-state index is 13.6. The average Bonchev–Trinajstić information content (AvgIpc) is 2.43. The van der Waals surface area contributed by atoms with E-state index >= 15 is 0 Å². The van der Waals surface area contributed by atoms with E-state index in [9.17, 15) is 14.0 Å². The molecule has 0 saturated heterocycles. The third kappa shape index (κ3) is 3.69. The Kier molecular flexibility index (Phi) is 5.49. The molecule has 0 aliphatic heterocycles. The minimum atomic E-state index is -1.10. The second-order valence-electron chi connectivity index (χ2n) is 4.66. The number of amides is 2. The van der Waals surface area contributed by atoms with Crippen molar-refractivity contribution in [2.24, 2.45) is 5.92 Å². The topological polar surface area (TPSA) is 69.6 Å². The van der Waals surface area contributed by atoms with Crippen LogP contribution in [0.4, 0.5) is 14.9 Å². The van der Waals surface area contributed by atoms with Crippen molar-refractivity contribution in [2.45, 2.75) is 26.3 Å². The molecule has 0 aliphatic rings. The molecule has 0 heterocycles. The Morgan fingerprint density at radius 3 is 2.50 bits per heavy atom. The number of nitrogens with zero attached hydrogens (tertiary/aromatic N) is 1. The van der Waals surface area contributed by atoms with Gasteiger partial charge in [0.25, 0.3) is 0 Å². The molecular weight excluding hydrogens is 263 g/mol. The van der Waals surface area contributed by atoms with Crippen LogP contribution < -0.4 is 10.2 Å². The summed E-state index contributed by atoms with van der Waals surface area (Å²) in [4.78, 5) is 24.2. The maximum Gasteiger partial charge on any atom is 0.326 e. The van der Waals surface area contributed by atoms with Gasteiger partial charge in [-0.05, 0) is 18.1 Å². The van der Waals surface area contributed by atoms with E-state index in [0.29, 0.717) is 6.42 Å². The third-order valence-electron chi connectivity index (χ3n) is 3.28. The number of hydrogen-bond donors (Lipinski definition) is 2. The maximum atomic E-state index is 13.6. The van der Waals surface area contributed by atoms with Crippen LogP contribution in [-0.4, -0.2) is 30.2 Å². The van der Waals surface area contributed by atoms with Crippen molar-refractivity contribution in [3.63, 3.8) is 0 Å². The predicted octanol–water partition coefficient (Wildman–Crippen LogP) is 2.47. The number of carboxylic acids is 1. The number of hydrogen-bond acceptors (Lipinski definition) is 2. The molecular formula is C14H19FN2O3. The number of nitrogens with one attached hydrogen (secondary N) is 1. The Balaban J connectivity index is 2.84. The number of para-hydroxylation sites is 1. The van der Waals surface area contributed by atoms with Gasteiger partial charge in [-0.2, -0.15) is 0 Å². The van der Waals surface area contributed by atoms with Gasteiger partial charge in [-0.15, -0.1) is 0 Å². The van der Waals surface area contributed by atoms with Crippen molar-refractivity contribution < 1.29 is 19.1 Å². The van der Waals surface area contributed by atoms with Crippen LogP contribution in [0.1, 0.15) is 20.3 Å². The van der Waals surface area contributed by atoms with Gasteiger partial charge in [-0.1, -0.05) is 32.4 Å². The average molecular weight is 282 g/mol. The molecule has 0 aromatic heterocycles. The highest BCUT2D eigenvalue weighted by Gasteiger charge is 2.27. The minimum Gasteiger partial charge on any atom is -0.480 e. The summed E-state index contributed by atoms with van der Waals surface area (Å²) in [6.45, 7) is 3.58. The zero-order valence-corrected chi connectivity index (χ0v) is 11.8. The third-order valence-corrected chi connectivity index (χ3v) is 3.28. The summed E-state index contributed by atoms with van der Waals surface area (Å²) < 4.78 is 13.6. The van der Waals surface area contributed by atoms with E-state index in [4.69, 9.17) is 5.11 Å². The van der Waals surface area contributed by atoms with E-state index in [1.807, 2.05) is 6.92 Å². The standard InChI is InChI=1S/C14H19FN2O3/c1-4-9(2)12(13(18)19)16-14(20)17(3)11-8-6-5-7-10(11)15/h5-9,12H,4H2,1-3H3,(H,16,20)(H,18,19). The number of benzene rings is 1. The summed E-state index contributed by atoms with van der Waals surface area (Å²) >= 11 is 0. The number of carbonyl (C=O) groups excluding carboxylic acids is 1. The second kappa shape index (κ2) is 6.88. The molecule has 0 spiro atoms. The monoisotopic (exact) mass is 282 g/mol. The van der Waals surface area contributed by atoms with E-state index in [1.165, 1.54) is 25.2 Å². The van der Waals surface area contributed by atoms with Crippen molar-refractivity contribution in [3.8, 4) is 0 Å². The van der Waals surface area contributed by atoms with Gasteiger partial charge < -0.3 is 10.4 Å². The molecule has 2 atom stereocenters. The number of anilines is 1. The molecule has 110 valence electrons. The first-order valence-electron chi connectivity index (χ1n) is 6.40. The highest BCUT2D eigenvalue weighted by Crippen LogP contribution is 2.17. The molecule has 2 N–H and O–H groups in total. The first kappa shape index (κ1) is 15.9. The Hall–Kier alpha value is -2.11. The van der Waals surface area contributed by atoms with E-state index in [2.05, 4.69) is 5.32 Å². The summed E-state index contributed by atoms with van der Waals surface area (Å²) in [5, 5.41) is 11.5. The predicted molar refractivity (Wildman–Crippen MR) is 74.2 cm³/mol. The van der Waals surface area contributed by atoms with Gasteiger partial charge in [-0.25, -0.2) is 14.0 Å². The number of urea groups is 1. The molecule has 0 bridgehead atoms. The molecule has 5 nitrogen and oxygen atoms in total. The van der Waals surface area contributed by atoms with Gasteiger partial charge in [-0.3, -0.25) is 4.90 Å². The van der Waals surface area contributed by atoms with E-state index in [-0.39, 0.29) is 11.6 Å². The SMILES string of the molecule is CCC(C)C(NC(=O)N(C)c1ccccc1F)C(=O)O. The summed E-state index contributed by atoms with van der Waals surface area (Å²) in [5.41, 5.74) is 0.0956. The summed E-state index contributed by atoms with van der Waals surface area (Å²) in [6, 6.07) is 4.16. The zero-order valence-electron chi connectivity index (χ0n) is 11.8. The van der Waals surface area contributed by atoms with Crippen LogP contribution in [-0.2, 0) is 4.79 Å². The summed E-state index contributed by atoms with van der Waals surface area (Å²) in [5.74, 6) is -1.86. The van der Waals surface area contributed by atoms with E-state index in [0.717, 1.165) is 4.90 Å². The van der Waals surface area contributed by atoms with Crippen LogP contribution in [0.3, 0.4) is 0 Å². The number of rotatable bonds is 5. The molecule has 1 aromatic rings. The van der Waals surface area contributed by atoms with Crippen LogP contribution in [0.2, 0.25) is 0 Å². The lowest BCUT2D eigenvalue weighted by Crippen LogP contribution is -2.49. The Bertz CT molecular complexity index is 493. The fourth-order valence-corrected chi connectivity index (χ4v) is 1.75. The van der Waals surface area contributed by atoms with Crippen molar-refractivity contribution in [3.05, 3.63) is 30.1 Å². The molecule has 1 rings (SSSR count).